The summed E-state index contributed by atoms with van der Waals surface area (Å²) in [5.41, 5.74) is -0.114. The second kappa shape index (κ2) is 8.32. The van der Waals surface area contributed by atoms with Gasteiger partial charge in [-0.05, 0) is 30.3 Å². The van der Waals surface area contributed by atoms with Gasteiger partial charge in [-0.25, -0.2) is 4.68 Å². The van der Waals surface area contributed by atoms with Crippen molar-refractivity contribution in [2.75, 3.05) is 19.4 Å². The third kappa shape index (κ3) is 4.38. The van der Waals surface area contributed by atoms with Gasteiger partial charge in [0.25, 0.3) is 17.0 Å². The second-order valence-electron chi connectivity index (χ2n) is 6.64. The lowest BCUT2D eigenvalue weighted by Gasteiger charge is -2.13. The fraction of sp³-hybridized carbons (Fsp3) is 0.200. The molecular weight excluding hydrogens is 396 g/mol. The summed E-state index contributed by atoms with van der Waals surface area (Å²) in [6.45, 7) is -0.0152. The minimum atomic E-state index is -0.415. The van der Waals surface area contributed by atoms with E-state index in [-0.39, 0.29) is 34.8 Å². The van der Waals surface area contributed by atoms with Gasteiger partial charge < -0.3 is 10.2 Å². The van der Waals surface area contributed by atoms with E-state index in [9.17, 15) is 19.2 Å². The van der Waals surface area contributed by atoms with Gasteiger partial charge in [0.15, 0.2) is 0 Å². The standard InChI is InChI=1S/C20H19ClN4O4/c1-24(2)19(28)12-7-8-15(21)16(11-12)22-17(26)9-10-25-20(29)14-6-4-3-5-13(14)18(27)23-25/h3-8,11H,9-10H2,1-2H3,(H,22,26)(H,23,27). The van der Waals surface area contributed by atoms with Gasteiger partial charge in [-0.3, -0.25) is 24.3 Å². The monoisotopic (exact) mass is 414 g/mol. The van der Waals surface area contributed by atoms with Gasteiger partial charge >= 0.3 is 0 Å². The lowest BCUT2D eigenvalue weighted by molar-refractivity contribution is -0.116. The molecule has 150 valence electrons. The molecule has 9 heteroatoms. The number of aromatic amines is 1. The molecule has 0 unspecified atom stereocenters. The Morgan fingerprint density at radius 2 is 1.79 bits per heavy atom. The molecule has 0 saturated heterocycles. The van der Waals surface area contributed by atoms with Crippen LogP contribution in [0.2, 0.25) is 5.02 Å². The van der Waals surface area contributed by atoms with Crippen LogP contribution in [0.4, 0.5) is 5.69 Å². The van der Waals surface area contributed by atoms with Gasteiger partial charge in [0.05, 0.1) is 28.0 Å². The highest BCUT2D eigenvalue weighted by Crippen LogP contribution is 2.23. The Morgan fingerprint density at radius 1 is 1.10 bits per heavy atom. The number of aromatic nitrogens is 2. The van der Waals surface area contributed by atoms with Crippen LogP contribution in [0.1, 0.15) is 16.8 Å². The molecule has 0 spiro atoms. The van der Waals surface area contributed by atoms with Crippen molar-refractivity contribution < 1.29 is 9.59 Å². The minimum Gasteiger partial charge on any atom is -0.345 e. The number of aryl methyl sites for hydroxylation is 1. The normalized spacial score (nSPS) is 10.7. The van der Waals surface area contributed by atoms with Crippen LogP contribution >= 0.6 is 11.6 Å². The van der Waals surface area contributed by atoms with Crippen molar-refractivity contribution in [2.24, 2.45) is 0 Å². The number of fused-ring (bicyclic) bond motifs is 1. The molecule has 0 aliphatic rings. The fourth-order valence-corrected chi connectivity index (χ4v) is 3.01. The van der Waals surface area contributed by atoms with Gasteiger partial charge in [-0.1, -0.05) is 23.7 Å². The topological polar surface area (TPSA) is 104 Å². The number of carbonyl (C=O) groups excluding carboxylic acids is 2. The first-order valence-corrected chi connectivity index (χ1v) is 9.18. The van der Waals surface area contributed by atoms with E-state index in [0.717, 1.165) is 4.68 Å². The number of nitrogens with zero attached hydrogens (tertiary/aromatic N) is 2. The largest absolute Gasteiger partial charge is 0.345 e. The predicted octanol–water partition coefficient (Wildman–Crippen LogP) is 2.07. The molecule has 0 aliphatic carbocycles. The Balaban J connectivity index is 1.76. The molecule has 0 saturated carbocycles. The average Bonchev–Trinajstić information content (AvgIpc) is 2.70. The maximum Gasteiger partial charge on any atom is 0.273 e. The first-order valence-electron chi connectivity index (χ1n) is 8.81. The van der Waals surface area contributed by atoms with Crippen molar-refractivity contribution >= 4 is 39.9 Å². The van der Waals surface area contributed by atoms with E-state index in [0.29, 0.717) is 16.6 Å². The number of halogens is 1. The summed E-state index contributed by atoms with van der Waals surface area (Å²) in [6.07, 6.45) is -0.0730. The van der Waals surface area contributed by atoms with Crippen LogP contribution < -0.4 is 16.4 Å². The number of amides is 2. The number of benzene rings is 2. The summed E-state index contributed by atoms with van der Waals surface area (Å²) < 4.78 is 1.11. The summed E-state index contributed by atoms with van der Waals surface area (Å²) in [5, 5.41) is 5.98. The zero-order valence-corrected chi connectivity index (χ0v) is 16.6. The molecule has 3 aromatic rings. The van der Waals surface area contributed by atoms with Crippen molar-refractivity contribution in [1.29, 1.82) is 0 Å². The van der Waals surface area contributed by atoms with Crippen molar-refractivity contribution in [3.05, 3.63) is 73.8 Å². The minimum absolute atomic E-state index is 0.0152. The first kappa shape index (κ1) is 20.3. The van der Waals surface area contributed by atoms with E-state index >= 15 is 0 Å². The van der Waals surface area contributed by atoms with E-state index in [1.165, 1.54) is 17.0 Å². The number of nitrogens with one attached hydrogen (secondary N) is 2. The number of H-pyrrole nitrogens is 1. The average molecular weight is 415 g/mol. The highest BCUT2D eigenvalue weighted by Gasteiger charge is 2.13. The fourth-order valence-electron chi connectivity index (χ4n) is 2.84. The van der Waals surface area contributed by atoms with Crippen molar-refractivity contribution in [3.8, 4) is 0 Å². The third-order valence-electron chi connectivity index (χ3n) is 4.34. The van der Waals surface area contributed by atoms with Gasteiger partial charge in [0, 0.05) is 26.1 Å². The summed E-state index contributed by atoms with van der Waals surface area (Å²) in [5.74, 6) is -0.639. The van der Waals surface area contributed by atoms with Crippen LogP contribution in [0.3, 0.4) is 0 Å². The Morgan fingerprint density at radius 3 is 2.48 bits per heavy atom. The molecule has 2 aromatic carbocycles. The van der Waals surface area contributed by atoms with Crippen molar-refractivity contribution in [3.63, 3.8) is 0 Å². The number of hydrogen-bond donors (Lipinski definition) is 2. The molecule has 3 rings (SSSR count). The molecule has 0 fully saturated rings. The quantitative estimate of drug-likeness (QED) is 0.666. The summed E-state index contributed by atoms with van der Waals surface area (Å²) >= 11 is 6.11. The molecule has 2 amide bonds. The number of anilines is 1. The van der Waals surface area contributed by atoms with E-state index in [4.69, 9.17) is 11.6 Å². The Hall–Kier alpha value is -3.39. The van der Waals surface area contributed by atoms with Crippen LogP contribution in [0.25, 0.3) is 10.8 Å². The van der Waals surface area contributed by atoms with Crippen molar-refractivity contribution in [1.82, 2.24) is 14.7 Å². The van der Waals surface area contributed by atoms with E-state index in [1.54, 1.807) is 44.4 Å². The summed E-state index contributed by atoms with van der Waals surface area (Å²) in [6, 6.07) is 11.1. The van der Waals surface area contributed by atoms with Crippen LogP contribution in [-0.2, 0) is 11.3 Å². The zero-order chi connectivity index (χ0) is 21.1. The SMILES string of the molecule is CN(C)C(=O)c1ccc(Cl)c(NC(=O)CCn2[nH]c(=O)c3ccccc3c2=O)c1. The molecule has 29 heavy (non-hydrogen) atoms. The lowest BCUT2D eigenvalue weighted by Crippen LogP contribution is -2.31. The van der Waals surface area contributed by atoms with E-state index < -0.39 is 11.5 Å². The van der Waals surface area contributed by atoms with Crippen LogP contribution in [0, 0.1) is 0 Å². The van der Waals surface area contributed by atoms with Crippen LogP contribution in [0.15, 0.2) is 52.1 Å². The van der Waals surface area contributed by atoms with Crippen molar-refractivity contribution in [2.45, 2.75) is 13.0 Å². The molecule has 1 aromatic heterocycles. The maximum absolute atomic E-state index is 12.5. The molecule has 0 aliphatic heterocycles. The third-order valence-corrected chi connectivity index (χ3v) is 4.67. The van der Waals surface area contributed by atoms with Gasteiger partial charge in [-0.15, -0.1) is 0 Å². The number of carbonyl (C=O) groups is 2. The van der Waals surface area contributed by atoms with Gasteiger partial charge in [-0.2, -0.15) is 0 Å². The molecule has 0 bridgehead atoms. The molecule has 0 atom stereocenters. The Kier molecular flexibility index (Phi) is 5.84. The Bertz CT molecular complexity index is 1210. The smallest absolute Gasteiger partial charge is 0.273 e. The summed E-state index contributed by atoms with van der Waals surface area (Å²) in [4.78, 5) is 50.4. The number of hydrogen-bond acceptors (Lipinski definition) is 4. The Labute approximate surface area is 170 Å². The maximum atomic E-state index is 12.5. The predicted molar refractivity (Wildman–Crippen MR) is 112 cm³/mol. The summed E-state index contributed by atoms with van der Waals surface area (Å²) in [7, 11) is 3.24. The lowest BCUT2D eigenvalue weighted by atomic mass is 10.1. The molecule has 2 N–H and O–H groups in total. The van der Waals surface area contributed by atoms with Gasteiger partial charge in [0.2, 0.25) is 5.91 Å². The van der Waals surface area contributed by atoms with E-state index in [2.05, 4.69) is 10.4 Å². The molecule has 8 nitrogen and oxygen atoms in total. The highest BCUT2D eigenvalue weighted by atomic mass is 35.5. The van der Waals surface area contributed by atoms with Gasteiger partial charge in [0.1, 0.15) is 0 Å². The highest BCUT2D eigenvalue weighted by molar-refractivity contribution is 6.33. The van der Waals surface area contributed by atoms with Crippen LogP contribution in [0.5, 0.6) is 0 Å². The second-order valence-corrected chi connectivity index (χ2v) is 7.04. The first-order chi connectivity index (χ1) is 13.8. The van der Waals surface area contributed by atoms with Crippen LogP contribution in [-0.4, -0.2) is 40.6 Å². The molecular formula is C20H19ClN4O4. The number of rotatable bonds is 5. The zero-order valence-electron chi connectivity index (χ0n) is 15.9. The molecule has 1 heterocycles. The molecule has 0 radical (unpaired) electrons. The van der Waals surface area contributed by atoms with E-state index in [1.807, 2.05) is 0 Å².